The van der Waals surface area contributed by atoms with Gasteiger partial charge >= 0.3 is 6.09 Å². The maximum atomic E-state index is 14.5. The summed E-state index contributed by atoms with van der Waals surface area (Å²) in [5, 5.41) is 5.01. The third-order valence-corrected chi connectivity index (χ3v) is 12.0. The zero-order valence-corrected chi connectivity index (χ0v) is 29.7. The summed E-state index contributed by atoms with van der Waals surface area (Å²) in [6.07, 6.45) is 7.84. The van der Waals surface area contributed by atoms with E-state index in [9.17, 15) is 32.4 Å². The van der Waals surface area contributed by atoms with Gasteiger partial charge in [-0.25, -0.2) is 13.2 Å². The molecule has 2 aliphatic carbocycles. The summed E-state index contributed by atoms with van der Waals surface area (Å²) in [6, 6.07) is 6.74. The Hall–Kier alpha value is -4.07. The molecule has 3 N–H and O–H groups in total. The number of alkyl carbamates (subject to hydrolysis) is 1. The molecule has 270 valence electrons. The number of allylic oxidation sites excluding steroid dienone is 1. The molecule has 1 aromatic rings. The maximum Gasteiger partial charge on any atom is 0.408 e. The van der Waals surface area contributed by atoms with Crippen molar-refractivity contribution < 1.29 is 37.1 Å². The number of Topliss-reactive ketones (excluding diaryl/α,β-unsaturated/α-hetero) is 1. The third-order valence-electron chi connectivity index (χ3n) is 10.2. The van der Waals surface area contributed by atoms with E-state index in [1.165, 1.54) is 4.90 Å². The highest BCUT2D eigenvalue weighted by atomic mass is 32.2. The fourth-order valence-corrected chi connectivity index (χ4v) is 8.69. The number of fused-ring (bicyclic) bond motifs is 2. The molecule has 13 nitrogen and oxygen atoms in total. The van der Waals surface area contributed by atoms with Gasteiger partial charge in [0, 0.05) is 36.4 Å². The number of sulfonamides is 1. The number of carbonyl (C=O) groups excluding carboxylic acids is 5. The first kappa shape index (κ1) is 35.7. The average molecular weight is 710 g/mol. The lowest BCUT2D eigenvalue weighted by Crippen LogP contribution is -2.58. The second-order valence-corrected chi connectivity index (χ2v) is 17.5. The zero-order valence-electron chi connectivity index (χ0n) is 28.9. The molecule has 6 rings (SSSR count). The van der Waals surface area contributed by atoms with Gasteiger partial charge in [0.15, 0.2) is 0 Å². The highest BCUT2D eigenvalue weighted by molar-refractivity contribution is 7.91. The molecule has 0 bridgehead atoms. The van der Waals surface area contributed by atoms with E-state index in [1.807, 2.05) is 18.2 Å². The minimum Gasteiger partial charge on any atom is -0.444 e. The van der Waals surface area contributed by atoms with Crippen LogP contribution >= 0.6 is 0 Å². The van der Waals surface area contributed by atoms with Crippen molar-refractivity contribution in [2.75, 3.05) is 13.1 Å². The van der Waals surface area contributed by atoms with Crippen LogP contribution in [0.4, 0.5) is 4.79 Å². The molecule has 5 atom stereocenters. The highest BCUT2D eigenvalue weighted by Gasteiger charge is 2.63. The second kappa shape index (κ2) is 13.6. The number of nitrogens with one attached hydrogen (secondary N) is 3. The van der Waals surface area contributed by atoms with Crippen molar-refractivity contribution in [2.45, 2.75) is 113 Å². The lowest BCUT2D eigenvalue weighted by molar-refractivity contribution is -0.141. The molecule has 4 amide bonds. The van der Waals surface area contributed by atoms with Crippen molar-refractivity contribution in [3.05, 3.63) is 48.0 Å². The second-order valence-electron chi connectivity index (χ2n) is 15.5. The predicted molar refractivity (Wildman–Crippen MR) is 185 cm³/mol. The van der Waals surface area contributed by atoms with Crippen LogP contribution in [-0.2, 0) is 29.1 Å². The maximum absolute atomic E-state index is 14.5. The molecular weight excluding hydrogens is 662 g/mol. The fourth-order valence-electron chi connectivity index (χ4n) is 7.33. The molecule has 5 unspecified atom stereocenters. The van der Waals surface area contributed by atoms with Gasteiger partial charge in [0.05, 0.1) is 11.0 Å². The Bertz CT molecular complexity index is 1720. The minimum atomic E-state index is -3.88. The van der Waals surface area contributed by atoms with E-state index < -0.39 is 73.6 Å². The predicted octanol–water partition coefficient (Wildman–Crippen LogP) is 3.20. The van der Waals surface area contributed by atoms with E-state index in [0.717, 1.165) is 12.8 Å². The molecule has 1 aromatic carbocycles. The van der Waals surface area contributed by atoms with Gasteiger partial charge in [-0.3, -0.25) is 28.9 Å². The average Bonchev–Trinajstić information content (AvgIpc) is 3.96. The number of hydrogen-bond donors (Lipinski definition) is 3. The molecule has 50 heavy (non-hydrogen) atoms. The van der Waals surface area contributed by atoms with Crippen molar-refractivity contribution >= 4 is 45.3 Å². The van der Waals surface area contributed by atoms with Crippen LogP contribution in [0.3, 0.4) is 0 Å². The third kappa shape index (κ3) is 7.79. The summed E-state index contributed by atoms with van der Waals surface area (Å²) in [6.45, 7) is 5.50. The molecule has 0 radical (unpaired) electrons. The number of nitrogens with zero attached hydrogens (tertiary/aromatic N) is 2. The van der Waals surface area contributed by atoms with Crippen LogP contribution in [0, 0.1) is 11.3 Å². The van der Waals surface area contributed by atoms with Crippen molar-refractivity contribution in [2.24, 2.45) is 16.3 Å². The van der Waals surface area contributed by atoms with Crippen LogP contribution in [0.15, 0.2) is 47.5 Å². The standard InChI is InChI=1S/C36H47N5O8S/c1-34(2,3)49-33(46)38-26-15-11-6-4-5-10-14-24-18-36(24,32(45)40-50(47,48)25-16-17-25)39-30(43)28-20-35(22-41(28)31(26)44)19-27(37-21-35)29(42)23-12-8-7-9-13-23/h7-10,12-14,24-26,28H,4-6,11,15-22H2,1-3H3,(H,38,46)(H,39,43)(H,40,45)/b14-10-. The van der Waals surface area contributed by atoms with Gasteiger partial charge in [0.2, 0.25) is 27.6 Å². The van der Waals surface area contributed by atoms with E-state index in [4.69, 9.17) is 4.74 Å². The van der Waals surface area contributed by atoms with Crippen molar-refractivity contribution in [3.63, 3.8) is 0 Å². The Labute approximate surface area is 293 Å². The zero-order chi connectivity index (χ0) is 35.9. The summed E-state index contributed by atoms with van der Waals surface area (Å²) in [4.78, 5) is 74.8. The SMILES string of the molecule is CC(C)(C)OC(=O)NC1CCCCC/C=C\C2CC2(C(=O)NS(=O)(=O)C2CC2)NC(=O)C2CC3(CN=C(C(=O)c4ccccc4)C3)CN2C1=O. The normalized spacial score (nSPS) is 30.9. The molecule has 2 saturated carbocycles. The van der Waals surface area contributed by atoms with Crippen molar-refractivity contribution in [1.82, 2.24) is 20.3 Å². The van der Waals surface area contributed by atoms with Crippen LogP contribution in [-0.4, -0.2) is 90.2 Å². The Kier molecular flexibility index (Phi) is 9.70. The first-order valence-corrected chi connectivity index (χ1v) is 19.1. The molecular formula is C36H47N5O8S. The van der Waals surface area contributed by atoms with Crippen molar-refractivity contribution in [1.29, 1.82) is 0 Å². The lowest BCUT2D eigenvalue weighted by Gasteiger charge is -2.31. The molecule has 1 spiro atoms. The van der Waals surface area contributed by atoms with Gasteiger partial charge in [-0.15, -0.1) is 0 Å². The molecule has 3 heterocycles. The first-order valence-electron chi connectivity index (χ1n) is 17.6. The number of ketones is 1. The Morgan fingerprint density at radius 1 is 1.02 bits per heavy atom. The quantitative estimate of drug-likeness (QED) is 0.298. The number of hydrogen-bond acceptors (Lipinski definition) is 9. The van der Waals surface area contributed by atoms with Crippen LogP contribution in [0.25, 0.3) is 0 Å². The lowest BCUT2D eigenvalue weighted by atomic mass is 9.81. The Balaban J connectivity index is 1.30. The van der Waals surface area contributed by atoms with Gasteiger partial charge in [-0.2, -0.15) is 0 Å². The minimum absolute atomic E-state index is 0.101. The van der Waals surface area contributed by atoms with Crippen molar-refractivity contribution in [3.8, 4) is 0 Å². The summed E-state index contributed by atoms with van der Waals surface area (Å²) < 4.78 is 33.3. The molecule has 14 heteroatoms. The summed E-state index contributed by atoms with van der Waals surface area (Å²) in [5.74, 6) is -2.49. The fraction of sp³-hybridized carbons (Fsp3) is 0.611. The van der Waals surface area contributed by atoms with Crippen LogP contribution < -0.4 is 15.4 Å². The summed E-state index contributed by atoms with van der Waals surface area (Å²) >= 11 is 0. The molecule has 1 saturated heterocycles. The molecule has 3 fully saturated rings. The van der Waals surface area contributed by atoms with Gasteiger partial charge in [0.25, 0.3) is 5.91 Å². The molecule has 5 aliphatic rings. The van der Waals surface area contributed by atoms with Gasteiger partial charge < -0.3 is 20.3 Å². The van der Waals surface area contributed by atoms with Gasteiger partial charge in [-0.05, 0) is 65.7 Å². The van der Waals surface area contributed by atoms with E-state index in [2.05, 4.69) is 20.3 Å². The topological polar surface area (TPSA) is 180 Å². The van der Waals surface area contributed by atoms with E-state index >= 15 is 0 Å². The van der Waals surface area contributed by atoms with Gasteiger partial charge in [0.1, 0.15) is 23.2 Å². The van der Waals surface area contributed by atoms with E-state index in [-0.39, 0.29) is 38.1 Å². The van der Waals surface area contributed by atoms with Crippen LogP contribution in [0.1, 0.15) is 95.3 Å². The summed E-state index contributed by atoms with van der Waals surface area (Å²) in [7, 11) is -3.88. The Morgan fingerprint density at radius 3 is 2.46 bits per heavy atom. The summed E-state index contributed by atoms with van der Waals surface area (Å²) in [5.41, 5.74) is -2.16. The van der Waals surface area contributed by atoms with E-state index in [0.29, 0.717) is 43.4 Å². The van der Waals surface area contributed by atoms with Crippen LogP contribution in [0.5, 0.6) is 0 Å². The number of carbonyl (C=O) groups is 5. The number of benzene rings is 1. The number of ether oxygens (including phenoxy) is 1. The monoisotopic (exact) mass is 709 g/mol. The highest BCUT2D eigenvalue weighted by Crippen LogP contribution is 2.47. The molecule has 0 aromatic heterocycles. The smallest absolute Gasteiger partial charge is 0.408 e. The van der Waals surface area contributed by atoms with E-state index in [1.54, 1.807) is 45.0 Å². The van der Waals surface area contributed by atoms with Gasteiger partial charge in [-0.1, -0.05) is 55.3 Å². The first-order chi connectivity index (χ1) is 23.6. The molecule has 3 aliphatic heterocycles. The van der Waals surface area contributed by atoms with Crippen LogP contribution in [0.2, 0.25) is 0 Å². The number of amides is 4. The largest absolute Gasteiger partial charge is 0.444 e. The Morgan fingerprint density at radius 2 is 1.76 bits per heavy atom. The number of rotatable bonds is 6. The number of aliphatic imine (C=N–C) groups is 1.